The first kappa shape index (κ1) is 29.7. The number of carbonyl (C=O) groups is 1. The van der Waals surface area contributed by atoms with E-state index in [4.69, 9.17) is 9.72 Å². The van der Waals surface area contributed by atoms with Crippen molar-refractivity contribution in [3.63, 3.8) is 0 Å². The van der Waals surface area contributed by atoms with Crippen LogP contribution < -0.4 is 9.64 Å². The first-order valence-electron chi connectivity index (χ1n) is 13.5. The Labute approximate surface area is 240 Å². The molecule has 0 saturated carbocycles. The van der Waals surface area contributed by atoms with Gasteiger partial charge in [0.2, 0.25) is 10.0 Å². The van der Waals surface area contributed by atoms with E-state index in [2.05, 4.69) is 5.10 Å². The maximum Gasteiger partial charge on any atom is 0.260 e. The van der Waals surface area contributed by atoms with Gasteiger partial charge < -0.3 is 4.74 Å². The molecule has 0 saturated heterocycles. The van der Waals surface area contributed by atoms with Crippen LogP contribution in [-0.4, -0.2) is 59.6 Å². The van der Waals surface area contributed by atoms with Crippen LogP contribution in [-0.2, 0) is 16.6 Å². The lowest BCUT2D eigenvalue weighted by Crippen LogP contribution is -2.37. The third-order valence-corrected chi connectivity index (χ3v) is 9.02. The normalized spacial score (nSPS) is 12.1. The van der Waals surface area contributed by atoms with Crippen molar-refractivity contribution in [2.75, 3.05) is 31.1 Å². The van der Waals surface area contributed by atoms with Gasteiger partial charge >= 0.3 is 0 Å². The molecule has 2 heterocycles. The highest BCUT2D eigenvalue weighted by Gasteiger charge is 2.27. The highest BCUT2D eigenvalue weighted by molar-refractivity contribution is 7.89. The molecule has 1 amide bonds. The van der Waals surface area contributed by atoms with Gasteiger partial charge in [-0.1, -0.05) is 45.1 Å². The van der Waals surface area contributed by atoms with E-state index in [1.165, 1.54) is 27.8 Å². The van der Waals surface area contributed by atoms with Crippen LogP contribution in [0, 0.1) is 11.8 Å². The number of aromatic nitrogens is 3. The van der Waals surface area contributed by atoms with E-state index in [9.17, 15) is 13.2 Å². The molecular formula is C29H37N5O4S2. The van der Waals surface area contributed by atoms with E-state index >= 15 is 0 Å². The SMILES string of the molecule is CCOc1cccc2sc(N(CCn3cccn3)C(=O)c3ccc(S(=O)(=O)N(CC(C)C)CC(C)C)cc3)nc12. The average Bonchev–Trinajstić information content (AvgIpc) is 3.59. The van der Waals surface area contributed by atoms with Crippen molar-refractivity contribution in [2.24, 2.45) is 11.8 Å². The largest absolute Gasteiger partial charge is 0.492 e. The zero-order valence-electron chi connectivity index (χ0n) is 23.6. The third kappa shape index (κ3) is 6.89. The lowest BCUT2D eigenvalue weighted by molar-refractivity contribution is 0.0985. The Balaban J connectivity index is 1.65. The summed E-state index contributed by atoms with van der Waals surface area (Å²) < 4.78 is 36.9. The second kappa shape index (κ2) is 12.9. The van der Waals surface area contributed by atoms with Crippen LogP contribution in [0.3, 0.4) is 0 Å². The second-order valence-electron chi connectivity index (χ2n) is 10.4. The Morgan fingerprint density at radius 1 is 1.02 bits per heavy atom. The number of thiazole rings is 1. The molecular weight excluding hydrogens is 546 g/mol. The molecule has 0 unspecified atom stereocenters. The number of sulfonamides is 1. The second-order valence-corrected chi connectivity index (χ2v) is 13.3. The molecule has 2 aromatic heterocycles. The fourth-order valence-corrected chi connectivity index (χ4v) is 7.15. The van der Waals surface area contributed by atoms with Gasteiger partial charge in [0.25, 0.3) is 5.91 Å². The maximum absolute atomic E-state index is 13.8. The molecule has 0 atom stereocenters. The van der Waals surface area contributed by atoms with E-state index in [1.807, 2.05) is 65.1 Å². The molecule has 4 rings (SSSR count). The summed E-state index contributed by atoms with van der Waals surface area (Å²) in [6.45, 7) is 12.1. The monoisotopic (exact) mass is 583 g/mol. The van der Waals surface area contributed by atoms with Gasteiger partial charge in [0.1, 0.15) is 11.3 Å². The van der Waals surface area contributed by atoms with Crippen molar-refractivity contribution in [3.8, 4) is 5.75 Å². The molecule has 214 valence electrons. The molecule has 0 aliphatic heterocycles. The number of fused-ring (bicyclic) bond motifs is 1. The van der Waals surface area contributed by atoms with Crippen molar-refractivity contribution in [3.05, 3.63) is 66.5 Å². The van der Waals surface area contributed by atoms with E-state index in [-0.39, 0.29) is 22.6 Å². The topological polar surface area (TPSA) is 97.6 Å². The van der Waals surface area contributed by atoms with Gasteiger partial charge in [0.15, 0.2) is 5.13 Å². The number of para-hydroxylation sites is 1. The molecule has 0 spiro atoms. The summed E-state index contributed by atoms with van der Waals surface area (Å²) >= 11 is 1.41. The molecule has 2 aromatic carbocycles. The fraction of sp³-hybridized carbons (Fsp3) is 0.414. The zero-order valence-corrected chi connectivity index (χ0v) is 25.3. The Bertz CT molecular complexity index is 1500. The highest BCUT2D eigenvalue weighted by atomic mass is 32.2. The van der Waals surface area contributed by atoms with Crippen LogP contribution in [0.5, 0.6) is 5.75 Å². The number of amides is 1. The Morgan fingerprint density at radius 2 is 1.73 bits per heavy atom. The number of rotatable bonds is 13. The standard InChI is InChI=1S/C29H37N5O4S2/c1-6-38-25-9-7-10-26-27(25)31-29(39-26)34(18-17-32-16-8-15-30-32)28(35)23-11-13-24(14-12-23)40(36,37)33(19-21(2)3)20-22(4)5/h7-16,21-22H,6,17-20H2,1-5H3. The summed E-state index contributed by atoms with van der Waals surface area (Å²) in [7, 11) is -3.70. The molecule has 9 nitrogen and oxygen atoms in total. The minimum atomic E-state index is -3.70. The number of anilines is 1. The highest BCUT2D eigenvalue weighted by Crippen LogP contribution is 2.35. The number of hydrogen-bond donors (Lipinski definition) is 0. The van der Waals surface area contributed by atoms with Crippen molar-refractivity contribution < 1.29 is 17.9 Å². The number of hydrogen-bond acceptors (Lipinski definition) is 7. The van der Waals surface area contributed by atoms with Crippen molar-refractivity contribution in [1.82, 2.24) is 19.1 Å². The number of nitrogens with zero attached hydrogens (tertiary/aromatic N) is 5. The average molecular weight is 584 g/mol. The van der Waals surface area contributed by atoms with Gasteiger partial charge in [-0.3, -0.25) is 14.4 Å². The Hall–Kier alpha value is -3.28. The van der Waals surface area contributed by atoms with Gasteiger partial charge in [-0.2, -0.15) is 9.40 Å². The summed E-state index contributed by atoms with van der Waals surface area (Å²) in [5.74, 6) is 0.780. The predicted molar refractivity (Wildman–Crippen MR) is 160 cm³/mol. The van der Waals surface area contributed by atoms with Gasteiger partial charge in [0.05, 0.1) is 22.7 Å². The van der Waals surface area contributed by atoms with Crippen LogP contribution in [0.2, 0.25) is 0 Å². The summed E-state index contributed by atoms with van der Waals surface area (Å²) in [5.41, 5.74) is 1.08. The number of benzene rings is 2. The van der Waals surface area contributed by atoms with Crippen molar-refractivity contribution >= 4 is 42.6 Å². The fourth-order valence-electron chi connectivity index (χ4n) is 4.38. The van der Waals surface area contributed by atoms with E-state index in [0.29, 0.717) is 54.7 Å². The molecule has 0 aliphatic carbocycles. The molecule has 4 aromatic rings. The minimum absolute atomic E-state index is 0.176. The quantitative estimate of drug-likeness (QED) is 0.205. The van der Waals surface area contributed by atoms with E-state index in [1.54, 1.807) is 27.9 Å². The van der Waals surface area contributed by atoms with Crippen LogP contribution in [0.4, 0.5) is 5.13 Å². The number of carbonyl (C=O) groups excluding carboxylic acids is 1. The van der Waals surface area contributed by atoms with Crippen LogP contribution in [0.15, 0.2) is 65.8 Å². The van der Waals surface area contributed by atoms with Crippen LogP contribution in [0.1, 0.15) is 45.0 Å². The molecule has 11 heteroatoms. The van der Waals surface area contributed by atoms with Gasteiger partial charge in [0, 0.05) is 37.6 Å². The molecule has 0 bridgehead atoms. The van der Waals surface area contributed by atoms with E-state index in [0.717, 1.165) is 4.70 Å². The van der Waals surface area contributed by atoms with Crippen molar-refractivity contribution in [2.45, 2.75) is 46.1 Å². The van der Waals surface area contributed by atoms with Crippen molar-refractivity contribution in [1.29, 1.82) is 0 Å². The molecule has 0 fully saturated rings. The van der Waals surface area contributed by atoms with Crippen LogP contribution >= 0.6 is 11.3 Å². The molecule has 0 radical (unpaired) electrons. The third-order valence-electron chi connectivity index (χ3n) is 6.14. The first-order valence-corrected chi connectivity index (χ1v) is 15.8. The number of ether oxygens (including phenoxy) is 1. The Morgan fingerprint density at radius 3 is 2.33 bits per heavy atom. The first-order chi connectivity index (χ1) is 19.1. The summed E-state index contributed by atoms with van der Waals surface area (Å²) in [4.78, 5) is 20.4. The summed E-state index contributed by atoms with van der Waals surface area (Å²) in [6, 6.07) is 13.8. The van der Waals surface area contributed by atoms with Gasteiger partial charge in [-0.25, -0.2) is 13.4 Å². The predicted octanol–water partition coefficient (Wildman–Crippen LogP) is 5.54. The molecule has 0 aliphatic rings. The van der Waals surface area contributed by atoms with Gasteiger partial charge in [-0.05, 0) is 61.2 Å². The van der Waals surface area contributed by atoms with Crippen LogP contribution in [0.25, 0.3) is 10.2 Å². The van der Waals surface area contributed by atoms with E-state index < -0.39 is 10.0 Å². The lowest BCUT2D eigenvalue weighted by Gasteiger charge is -2.26. The summed E-state index contributed by atoms with van der Waals surface area (Å²) in [5, 5.41) is 4.80. The minimum Gasteiger partial charge on any atom is -0.492 e. The maximum atomic E-state index is 13.8. The Kier molecular flexibility index (Phi) is 9.60. The smallest absolute Gasteiger partial charge is 0.260 e. The molecule has 40 heavy (non-hydrogen) atoms. The summed E-state index contributed by atoms with van der Waals surface area (Å²) in [6.07, 6.45) is 3.53. The molecule has 0 N–H and O–H groups in total. The lowest BCUT2D eigenvalue weighted by atomic mass is 10.2. The van der Waals surface area contributed by atoms with Gasteiger partial charge in [-0.15, -0.1) is 0 Å². The zero-order chi connectivity index (χ0) is 28.9.